The summed E-state index contributed by atoms with van der Waals surface area (Å²) in [6.45, 7) is 2.38. The Morgan fingerprint density at radius 1 is 1.16 bits per heavy atom. The van der Waals surface area contributed by atoms with E-state index >= 15 is 0 Å². The van der Waals surface area contributed by atoms with E-state index in [1.54, 1.807) is 17.0 Å². The molecule has 0 saturated carbocycles. The fourth-order valence-corrected chi connectivity index (χ4v) is 3.66. The molecule has 0 aromatic heterocycles. The lowest BCUT2D eigenvalue weighted by atomic mass is 9.91. The van der Waals surface area contributed by atoms with Gasteiger partial charge in [0.2, 0.25) is 17.7 Å². The van der Waals surface area contributed by atoms with Crippen LogP contribution in [0.15, 0.2) is 24.3 Å². The summed E-state index contributed by atoms with van der Waals surface area (Å²) in [6.07, 6.45) is 1.43. The number of hydrogen-bond acceptors (Lipinski definition) is 3. The van der Waals surface area contributed by atoms with E-state index in [1.165, 1.54) is 17.0 Å². The van der Waals surface area contributed by atoms with Gasteiger partial charge in [0.1, 0.15) is 5.82 Å². The predicted octanol–water partition coefficient (Wildman–Crippen LogP) is 1.29. The predicted molar refractivity (Wildman–Crippen MR) is 90.0 cm³/mol. The molecule has 0 spiro atoms. The summed E-state index contributed by atoms with van der Waals surface area (Å²) in [5.41, 5.74) is 5.58. The van der Waals surface area contributed by atoms with E-state index in [2.05, 4.69) is 0 Å². The summed E-state index contributed by atoms with van der Waals surface area (Å²) in [4.78, 5) is 39.6. The van der Waals surface area contributed by atoms with Crippen molar-refractivity contribution in [2.75, 3.05) is 18.0 Å². The van der Waals surface area contributed by atoms with E-state index in [1.807, 2.05) is 6.92 Å². The smallest absolute Gasteiger partial charge is 0.228 e. The first-order valence-electron chi connectivity index (χ1n) is 8.53. The van der Waals surface area contributed by atoms with Crippen LogP contribution in [0.2, 0.25) is 0 Å². The minimum Gasteiger partial charge on any atom is -0.369 e. The zero-order valence-electron chi connectivity index (χ0n) is 14.2. The van der Waals surface area contributed by atoms with Gasteiger partial charge in [-0.25, -0.2) is 4.39 Å². The van der Waals surface area contributed by atoms with Crippen molar-refractivity contribution >= 4 is 23.4 Å². The van der Waals surface area contributed by atoms with E-state index in [0.29, 0.717) is 19.4 Å². The zero-order valence-corrected chi connectivity index (χ0v) is 14.2. The zero-order chi connectivity index (χ0) is 18.1. The molecule has 0 bridgehead atoms. The van der Waals surface area contributed by atoms with Crippen molar-refractivity contribution in [3.8, 4) is 0 Å². The molecule has 25 heavy (non-hydrogen) atoms. The first kappa shape index (κ1) is 17.4. The first-order valence-corrected chi connectivity index (χ1v) is 8.53. The van der Waals surface area contributed by atoms with Crippen molar-refractivity contribution < 1.29 is 18.8 Å². The molecule has 6 nitrogen and oxygen atoms in total. The summed E-state index contributed by atoms with van der Waals surface area (Å²) < 4.78 is 14.0. The number of benzene rings is 1. The normalized spacial score (nSPS) is 26.8. The van der Waals surface area contributed by atoms with Crippen LogP contribution in [0, 0.1) is 17.7 Å². The molecule has 0 unspecified atom stereocenters. The van der Waals surface area contributed by atoms with Crippen LogP contribution in [-0.4, -0.2) is 41.8 Å². The van der Waals surface area contributed by atoms with E-state index < -0.39 is 17.6 Å². The van der Waals surface area contributed by atoms with Crippen molar-refractivity contribution in [3.63, 3.8) is 0 Å². The maximum atomic E-state index is 14.0. The van der Waals surface area contributed by atoms with Crippen LogP contribution < -0.4 is 10.6 Å². The SMILES string of the molecule is C[C@@H]1CC[C@@H](C(N)=O)CN1C(=O)[C@@H]1CC(=O)N(c2ccccc2F)C1. The van der Waals surface area contributed by atoms with Gasteiger partial charge in [0.25, 0.3) is 0 Å². The molecule has 2 heterocycles. The molecule has 3 rings (SSSR count). The summed E-state index contributed by atoms with van der Waals surface area (Å²) in [5.74, 6) is -2.18. The van der Waals surface area contributed by atoms with Crippen LogP contribution in [0.4, 0.5) is 10.1 Å². The van der Waals surface area contributed by atoms with Gasteiger partial charge >= 0.3 is 0 Å². The lowest BCUT2D eigenvalue weighted by Crippen LogP contribution is -2.50. The Labute approximate surface area is 145 Å². The van der Waals surface area contributed by atoms with E-state index in [9.17, 15) is 18.8 Å². The van der Waals surface area contributed by atoms with Crippen LogP contribution in [0.1, 0.15) is 26.2 Å². The fraction of sp³-hybridized carbons (Fsp3) is 0.500. The number of piperidine rings is 1. The number of para-hydroxylation sites is 1. The number of likely N-dealkylation sites (tertiary alicyclic amines) is 1. The number of carbonyl (C=O) groups is 3. The number of carbonyl (C=O) groups excluding carboxylic acids is 3. The number of halogens is 1. The molecular weight excluding hydrogens is 325 g/mol. The third-order valence-corrected chi connectivity index (χ3v) is 5.19. The van der Waals surface area contributed by atoms with Gasteiger partial charge in [0, 0.05) is 25.6 Å². The number of anilines is 1. The van der Waals surface area contributed by atoms with Gasteiger partial charge in [-0.3, -0.25) is 14.4 Å². The molecule has 2 fully saturated rings. The van der Waals surface area contributed by atoms with Crippen LogP contribution in [0.5, 0.6) is 0 Å². The second-order valence-electron chi connectivity index (χ2n) is 6.87. The van der Waals surface area contributed by atoms with Gasteiger partial charge < -0.3 is 15.5 Å². The van der Waals surface area contributed by atoms with Crippen molar-refractivity contribution in [2.24, 2.45) is 17.6 Å². The van der Waals surface area contributed by atoms with Gasteiger partial charge in [-0.2, -0.15) is 0 Å². The molecule has 2 aliphatic heterocycles. The number of nitrogens with zero attached hydrogens (tertiary/aromatic N) is 2. The maximum Gasteiger partial charge on any atom is 0.228 e. The number of primary amides is 1. The first-order chi connectivity index (χ1) is 11.9. The highest BCUT2D eigenvalue weighted by Gasteiger charge is 2.41. The minimum atomic E-state index is -0.527. The Balaban J connectivity index is 1.74. The average Bonchev–Trinajstić information content (AvgIpc) is 2.96. The van der Waals surface area contributed by atoms with Crippen LogP contribution in [0.3, 0.4) is 0 Å². The second kappa shape index (κ2) is 6.82. The molecule has 7 heteroatoms. The van der Waals surface area contributed by atoms with Crippen molar-refractivity contribution in [1.29, 1.82) is 0 Å². The standard InChI is InChI=1S/C18H22FN3O3/c1-11-6-7-12(17(20)24)9-21(11)18(25)13-8-16(23)22(10-13)15-5-3-2-4-14(15)19/h2-5,11-13H,6-10H2,1H3,(H2,20,24)/t11-,12-,13-/m1/s1. The van der Waals surface area contributed by atoms with Crippen molar-refractivity contribution in [1.82, 2.24) is 4.90 Å². The third-order valence-electron chi connectivity index (χ3n) is 5.19. The number of nitrogens with two attached hydrogens (primary N) is 1. The molecule has 1 aromatic rings. The maximum absolute atomic E-state index is 14.0. The monoisotopic (exact) mass is 347 g/mol. The molecule has 0 radical (unpaired) electrons. The van der Waals surface area contributed by atoms with E-state index in [-0.39, 0.29) is 42.4 Å². The molecule has 3 atom stereocenters. The quantitative estimate of drug-likeness (QED) is 0.894. The molecule has 2 saturated heterocycles. The Morgan fingerprint density at radius 3 is 2.56 bits per heavy atom. The fourth-order valence-electron chi connectivity index (χ4n) is 3.66. The molecule has 3 amide bonds. The van der Waals surface area contributed by atoms with Gasteiger partial charge in [-0.15, -0.1) is 0 Å². The Bertz CT molecular complexity index is 709. The highest BCUT2D eigenvalue weighted by atomic mass is 19.1. The van der Waals surface area contributed by atoms with Crippen LogP contribution in [0.25, 0.3) is 0 Å². The third kappa shape index (κ3) is 3.36. The molecule has 2 aliphatic rings. The molecular formula is C18H22FN3O3. The molecule has 134 valence electrons. The van der Waals surface area contributed by atoms with Gasteiger partial charge in [0.05, 0.1) is 17.5 Å². The van der Waals surface area contributed by atoms with Gasteiger partial charge in [-0.1, -0.05) is 12.1 Å². The summed E-state index contributed by atoms with van der Waals surface area (Å²) in [6, 6.07) is 6.04. The van der Waals surface area contributed by atoms with Crippen LogP contribution >= 0.6 is 0 Å². The minimum absolute atomic E-state index is 0.000661. The summed E-state index contributed by atoms with van der Waals surface area (Å²) in [5, 5.41) is 0. The highest BCUT2D eigenvalue weighted by Crippen LogP contribution is 2.30. The summed E-state index contributed by atoms with van der Waals surface area (Å²) >= 11 is 0. The molecule has 2 N–H and O–H groups in total. The number of rotatable bonds is 3. The Morgan fingerprint density at radius 2 is 1.88 bits per heavy atom. The van der Waals surface area contributed by atoms with Gasteiger partial charge in [-0.05, 0) is 31.9 Å². The van der Waals surface area contributed by atoms with E-state index in [0.717, 1.165) is 0 Å². The molecule has 0 aliphatic carbocycles. The Hall–Kier alpha value is -2.44. The lowest BCUT2D eigenvalue weighted by molar-refractivity contribution is -0.141. The summed E-state index contributed by atoms with van der Waals surface area (Å²) in [7, 11) is 0. The van der Waals surface area contributed by atoms with E-state index in [4.69, 9.17) is 5.73 Å². The van der Waals surface area contributed by atoms with Gasteiger partial charge in [0.15, 0.2) is 0 Å². The number of hydrogen-bond donors (Lipinski definition) is 1. The highest BCUT2D eigenvalue weighted by molar-refractivity contribution is 6.00. The average molecular weight is 347 g/mol. The Kier molecular flexibility index (Phi) is 4.74. The van der Waals surface area contributed by atoms with Crippen molar-refractivity contribution in [3.05, 3.63) is 30.1 Å². The van der Waals surface area contributed by atoms with Crippen LogP contribution in [-0.2, 0) is 14.4 Å². The largest absolute Gasteiger partial charge is 0.369 e. The molecule has 1 aromatic carbocycles. The lowest BCUT2D eigenvalue weighted by Gasteiger charge is -2.38. The second-order valence-corrected chi connectivity index (χ2v) is 6.87. The number of amides is 3. The topological polar surface area (TPSA) is 83.7 Å². The van der Waals surface area contributed by atoms with Crippen molar-refractivity contribution in [2.45, 2.75) is 32.2 Å².